The SMILES string of the molecule is CC(CN)C(=O)NC1CC1Cc1ccccc1. The van der Waals surface area contributed by atoms with Gasteiger partial charge in [-0.1, -0.05) is 37.3 Å². The molecule has 0 radical (unpaired) electrons. The Bertz CT molecular complexity index is 377. The molecule has 2 rings (SSSR count). The Kier molecular flexibility index (Phi) is 3.79. The summed E-state index contributed by atoms with van der Waals surface area (Å²) in [5.74, 6) is 0.618. The molecule has 1 aliphatic carbocycles. The van der Waals surface area contributed by atoms with Crippen LogP contribution in [-0.4, -0.2) is 18.5 Å². The van der Waals surface area contributed by atoms with Crippen molar-refractivity contribution in [2.24, 2.45) is 17.6 Å². The molecule has 1 aromatic carbocycles. The number of amides is 1. The summed E-state index contributed by atoms with van der Waals surface area (Å²) < 4.78 is 0. The van der Waals surface area contributed by atoms with Gasteiger partial charge in [0, 0.05) is 18.5 Å². The zero-order chi connectivity index (χ0) is 12.3. The lowest BCUT2D eigenvalue weighted by Crippen LogP contribution is -2.35. The van der Waals surface area contributed by atoms with E-state index in [9.17, 15) is 4.79 Å². The number of nitrogens with one attached hydrogen (secondary N) is 1. The number of hydrogen-bond acceptors (Lipinski definition) is 2. The first-order chi connectivity index (χ1) is 8.20. The summed E-state index contributed by atoms with van der Waals surface area (Å²) in [6.07, 6.45) is 2.15. The summed E-state index contributed by atoms with van der Waals surface area (Å²) in [5.41, 5.74) is 6.81. The van der Waals surface area contributed by atoms with Crippen LogP contribution in [-0.2, 0) is 11.2 Å². The van der Waals surface area contributed by atoms with E-state index >= 15 is 0 Å². The van der Waals surface area contributed by atoms with Crippen molar-refractivity contribution >= 4 is 5.91 Å². The molecule has 1 aromatic rings. The van der Waals surface area contributed by atoms with Crippen molar-refractivity contribution in [1.29, 1.82) is 0 Å². The number of carbonyl (C=O) groups is 1. The molecule has 3 heteroatoms. The van der Waals surface area contributed by atoms with E-state index in [0.717, 1.165) is 12.8 Å². The topological polar surface area (TPSA) is 55.1 Å². The van der Waals surface area contributed by atoms with Gasteiger partial charge in [-0.15, -0.1) is 0 Å². The van der Waals surface area contributed by atoms with E-state index in [1.807, 2.05) is 13.0 Å². The van der Waals surface area contributed by atoms with Gasteiger partial charge < -0.3 is 11.1 Å². The molecule has 1 amide bonds. The average molecular weight is 232 g/mol. The van der Waals surface area contributed by atoms with Gasteiger partial charge in [-0.3, -0.25) is 4.79 Å². The molecule has 92 valence electrons. The average Bonchev–Trinajstić information content (AvgIpc) is 3.07. The third-order valence-corrected chi connectivity index (χ3v) is 3.39. The largest absolute Gasteiger partial charge is 0.353 e. The second-order valence-electron chi connectivity index (χ2n) is 4.94. The minimum atomic E-state index is -0.0759. The Morgan fingerprint density at radius 3 is 2.82 bits per heavy atom. The maximum absolute atomic E-state index is 11.6. The molecule has 0 saturated heterocycles. The van der Waals surface area contributed by atoms with Crippen molar-refractivity contribution in [2.75, 3.05) is 6.54 Å². The number of nitrogens with two attached hydrogens (primary N) is 1. The molecule has 3 nitrogen and oxygen atoms in total. The van der Waals surface area contributed by atoms with Gasteiger partial charge in [0.1, 0.15) is 0 Å². The van der Waals surface area contributed by atoms with Crippen LogP contribution in [0, 0.1) is 11.8 Å². The monoisotopic (exact) mass is 232 g/mol. The lowest BCUT2D eigenvalue weighted by Gasteiger charge is -2.09. The maximum atomic E-state index is 11.6. The van der Waals surface area contributed by atoms with Gasteiger partial charge in [0.15, 0.2) is 0 Å². The molecule has 17 heavy (non-hydrogen) atoms. The molecule has 0 heterocycles. The fraction of sp³-hybridized carbons (Fsp3) is 0.500. The molecular formula is C14H20N2O. The van der Waals surface area contributed by atoms with E-state index in [1.165, 1.54) is 5.56 Å². The zero-order valence-corrected chi connectivity index (χ0v) is 10.2. The molecule has 0 aromatic heterocycles. The number of carbonyl (C=O) groups excluding carboxylic acids is 1. The second-order valence-corrected chi connectivity index (χ2v) is 4.94. The normalized spacial score (nSPS) is 24.1. The third kappa shape index (κ3) is 3.30. The van der Waals surface area contributed by atoms with E-state index in [-0.39, 0.29) is 11.8 Å². The van der Waals surface area contributed by atoms with Crippen LogP contribution in [0.4, 0.5) is 0 Å². The predicted octanol–water partition coefficient (Wildman–Crippen LogP) is 1.33. The van der Waals surface area contributed by atoms with E-state index in [4.69, 9.17) is 5.73 Å². The van der Waals surface area contributed by atoms with E-state index < -0.39 is 0 Å². The van der Waals surface area contributed by atoms with Crippen molar-refractivity contribution in [1.82, 2.24) is 5.32 Å². The van der Waals surface area contributed by atoms with Gasteiger partial charge in [-0.25, -0.2) is 0 Å². The van der Waals surface area contributed by atoms with E-state index in [1.54, 1.807) is 0 Å². The molecule has 3 N–H and O–H groups in total. The number of rotatable bonds is 5. The second kappa shape index (κ2) is 5.32. The fourth-order valence-corrected chi connectivity index (χ4v) is 2.00. The van der Waals surface area contributed by atoms with Crippen LogP contribution in [0.1, 0.15) is 18.9 Å². The predicted molar refractivity (Wildman–Crippen MR) is 68.4 cm³/mol. The lowest BCUT2D eigenvalue weighted by molar-refractivity contribution is -0.124. The van der Waals surface area contributed by atoms with Crippen LogP contribution >= 0.6 is 0 Å². The fourth-order valence-electron chi connectivity index (χ4n) is 2.00. The van der Waals surface area contributed by atoms with Crippen LogP contribution in [0.25, 0.3) is 0 Å². The summed E-state index contributed by atoms with van der Waals surface area (Å²) in [6.45, 7) is 2.28. The Morgan fingerprint density at radius 1 is 1.47 bits per heavy atom. The molecule has 1 saturated carbocycles. The molecule has 1 fully saturated rings. The van der Waals surface area contributed by atoms with Crippen molar-refractivity contribution in [3.8, 4) is 0 Å². The standard InChI is InChI=1S/C14H20N2O/c1-10(9-15)14(17)16-13-8-12(13)7-11-5-3-2-4-6-11/h2-6,10,12-13H,7-9,15H2,1H3,(H,16,17). The van der Waals surface area contributed by atoms with Crippen molar-refractivity contribution in [3.63, 3.8) is 0 Å². The van der Waals surface area contributed by atoms with Crippen LogP contribution in [0.5, 0.6) is 0 Å². The lowest BCUT2D eigenvalue weighted by atomic mass is 10.1. The summed E-state index contributed by atoms with van der Waals surface area (Å²) in [4.78, 5) is 11.6. The summed E-state index contributed by atoms with van der Waals surface area (Å²) in [5, 5.41) is 3.06. The Morgan fingerprint density at radius 2 is 2.18 bits per heavy atom. The number of hydrogen-bond donors (Lipinski definition) is 2. The first kappa shape index (κ1) is 12.1. The first-order valence-corrected chi connectivity index (χ1v) is 6.25. The zero-order valence-electron chi connectivity index (χ0n) is 10.2. The van der Waals surface area contributed by atoms with Gasteiger partial charge in [0.2, 0.25) is 5.91 Å². The minimum absolute atomic E-state index is 0.0759. The maximum Gasteiger partial charge on any atom is 0.224 e. The Labute approximate surface area is 102 Å². The van der Waals surface area contributed by atoms with Crippen molar-refractivity contribution in [2.45, 2.75) is 25.8 Å². The number of benzene rings is 1. The summed E-state index contributed by atoms with van der Waals surface area (Å²) >= 11 is 0. The van der Waals surface area contributed by atoms with Gasteiger partial charge in [-0.2, -0.15) is 0 Å². The van der Waals surface area contributed by atoms with Gasteiger partial charge in [0.05, 0.1) is 0 Å². The van der Waals surface area contributed by atoms with Gasteiger partial charge >= 0.3 is 0 Å². The molecule has 0 aliphatic heterocycles. The quantitative estimate of drug-likeness (QED) is 0.804. The molecule has 1 aliphatic rings. The third-order valence-electron chi connectivity index (χ3n) is 3.39. The minimum Gasteiger partial charge on any atom is -0.353 e. The molecule has 0 spiro atoms. The van der Waals surface area contributed by atoms with Crippen molar-refractivity contribution < 1.29 is 4.79 Å². The first-order valence-electron chi connectivity index (χ1n) is 6.25. The highest BCUT2D eigenvalue weighted by atomic mass is 16.2. The van der Waals surface area contributed by atoms with Crippen LogP contribution in [0.15, 0.2) is 30.3 Å². The van der Waals surface area contributed by atoms with Crippen molar-refractivity contribution in [3.05, 3.63) is 35.9 Å². The molecule has 3 unspecified atom stereocenters. The molecule has 0 bridgehead atoms. The van der Waals surface area contributed by atoms with Gasteiger partial charge in [-0.05, 0) is 24.3 Å². The van der Waals surface area contributed by atoms with Crippen LogP contribution in [0.3, 0.4) is 0 Å². The van der Waals surface area contributed by atoms with Gasteiger partial charge in [0.25, 0.3) is 0 Å². The Hall–Kier alpha value is -1.35. The molecular weight excluding hydrogens is 212 g/mol. The van der Waals surface area contributed by atoms with Crippen LogP contribution in [0.2, 0.25) is 0 Å². The Balaban J connectivity index is 1.76. The van der Waals surface area contributed by atoms with E-state index in [0.29, 0.717) is 18.5 Å². The molecule has 3 atom stereocenters. The smallest absolute Gasteiger partial charge is 0.224 e. The highest BCUT2D eigenvalue weighted by Gasteiger charge is 2.38. The summed E-state index contributed by atoms with van der Waals surface area (Å²) in [6, 6.07) is 10.8. The highest BCUT2D eigenvalue weighted by Crippen LogP contribution is 2.33. The highest BCUT2D eigenvalue weighted by molar-refractivity contribution is 5.79. The van der Waals surface area contributed by atoms with Crippen LogP contribution < -0.4 is 11.1 Å². The summed E-state index contributed by atoms with van der Waals surface area (Å²) in [7, 11) is 0. The van der Waals surface area contributed by atoms with E-state index in [2.05, 4.69) is 29.6 Å².